The average Bonchev–Trinajstić information content (AvgIpc) is 3.49. The number of pyridine rings is 1. The molecule has 1 amide bonds. The van der Waals surface area contributed by atoms with Crippen LogP contribution in [0.5, 0.6) is 0 Å². The summed E-state index contributed by atoms with van der Waals surface area (Å²) in [6.07, 6.45) is 1.84. The van der Waals surface area contributed by atoms with Crippen LogP contribution in [0.15, 0.2) is 47.8 Å². The van der Waals surface area contributed by atoms with E-state index in [0.717, 1.165) is 59.9 Å². The number of carbonyl (C=O) groups excluding carboxylic acids is 1. The number of amides is 1. The van der Waals surface area contributed by atoms with Crippen LogP contribution < -0.4 is 20.4 Å². The maximum absolute atomic E-state index is 13.4. The zero-order chi connectivity index (χ0) is 25.3. The van der Waals surface area contributed by atoms with Crippen molar-refractivity contribution < 1.29 is 4.79 Å². The fourth-order valence-electron chi connectivity index (χ4n) is 5.65. The molecule has 12 heteroatoms. The molecule has 3 aromatic heterocycles. The van der Waals surface area contributed by atoms with Gasteiger partial charge in [0.1, 0.15) is 11.5 Å². The monoisotopic (exact) mass is 497 g/mol. The van der Waals surface area contributed by atoms with Crippen molar-refractivity contribution in [3.8, 4) is 11.3 Å². The average molecular weight is 498 g/mol. The summed E-state index contributed by atoms with van der Waals surface area (Å²) in [6.45, 7) is 8.06. The van der Waals surface area contributed by atoms with Crippen LogP contribution >= 0.6 is 0 Å². The standard InChI is InChI=1S/C25H27N11O/c1-14-21(15(2)36-24(34(14)3)31-32-33-36)23(37)28-17-4-5-19-18(9-17)22(30-29-19)16-6-7-27-20(8-16)35-12-25(13-35)10-26-11-25/h4-9,15,26H,10-13H2,1-3H3,(H,28,37)(H,29,30). The number of rotatable bonds is 4. The van der Waals surface area contributed by atoms with Crippen molar-refractivity contribution in [2.24, 2.45) is 5.41 Å². The SMILES string of the molecule is CC1=C(C(=O)Nc2ccc3[nH]nc(-c4ccnc(N5CC6(CNC6)C5)c4)c3c2)C(C)n2nnnc2N1C. The summed E-state index contributed by atoms with van der Waals surface area (Å²) in [5.74, 6) is 1.39. The molecule has 188 valence electrons. The van der Waals surface area contributed by atoms with Crippen molar-refractivity contribution in [2.45, 2.75) is 19.9 Å². The fourth-order valence-corrected chi connectivity index (χ4v) is 5.65. The summed E-state index contributed by atoms with van der Waals surface area (Å²) >= 11 is 0. The van der Waals surface area contributed by atoms with Crippen LogP contribution in [0, 0.1) is 5.41 Å². The lowest BCUT2D eigenvalue weighted by Gasteiger charge is -2.56. The van der Waals surface area contributed by atoms with Crippen molar-refractivity contribution in [1.82, 2.24) is 40.7 Å². The van der Waals surface area contributed by atoms with E-state index < -0.39 is 0 Å². The van der Waals surface area contributed by atoms with Gasteiger partial charge in [-0.1, -0.05) is 5.10 Å². The number of hydrogen-bond donors (Lipinski definition) is 3. The minimum atomic E-state index is -0.291. The van der Waals surface area contributed by atoms with E-state index in [-0.39, 0.29) is 11.9 Å². The van der Waals surface area contributed by atoms with Gasteiger partial charge in [-0.15, -0.1) is 0 Å². The molecule has 0 saturated carbocycles. The van der Waals surface area contributed by atoms with Crippen LogP contribution in [0.2, 0.25) is 0 Å². The Kier molecular flexibility index (Phi) is 4.64. The van der Waals surface area contributed by atoms with Gasteiger partial charge < -0.3 is 20.4 Å². The van der Waals surface area contributed by atoms with Crippen LogP contribution in [0.1, 0.15) is 19.9 Å². The summed E-state index contributed by atoms with van der Waals surface area (Å²) < 4.78 is 1.65. The molecule has 1 atom stereocenters. The third-order valence-electron chi connectivity index (χ3n) is 7.91. The van der Waals surface area contributed by atoms with Crippen LogP contribution in [0.4, 0.5) is 17.5 Å². The molecule has 0 bridgehead atoms. The van der Waals surface area contributed by atoms with Gasteiger partial charge in [-0.3, -0.25) is 9.89 Å². The molecule has 3 aliphatic rings. The Balaban J connectivity index is 1.16. The number of benzene rings is 1. The second-order valence-corrected chi connectivity index (χ2v) is 10.3. The van der Waals surface area contributed by atoms with Crippen LogP contribution in [-0.2, 0) is 4.79 Å². The highest BCUT2D eigenvalue weighted by Crippen LogP contribution is 2.38. The van der Waals surface area contributed by atoms with E-state index >= 15 is 0 Å². The second kappa shape index (κ2) is 7.84. The molecule has 0 aliphatic carbocycles. The lowest BCUT2D eigenvalue weighted by Crippen LogP contribution is -2.71. The molecule has 6 heterocycles. The molecular weight excluding hydrogens is 470 g/mol. The van der Waals surface area contributed by atoms with Crippen LogP contribution in [-0.4, -0.2) is 74.5 Å². The molecule has 3 aliphatic heterocycles. The topological polar surface area (TPSA) is 133 Å². The van der Waals surface area contributed by atoms with Gasteiger partial charge in [0, 0.05) is 67.2 Å². The van der Waals surface area contributed by atoms with E-state index in [4.69, 9.17) is 0 Å². The number of H-pyrrole nitrogens is 1. The minimum absolute atomic E-state index is 0.189. The fraction of sp³-hybridized carbons (Fsp3) is 0.360. The van der Waals surface area contributed by atoms with E-state index in [1.54, 1.807) is 4.68 Å². The number of aromatic amines is 1. The number of aromatic nitrogens is 7. The van der Waals surface area contributed by atoms with Crippen molar-refractivity contribution >= 4 is 34.3 Å². The molecule has 12 nitrogen and oxygen atoms in total. The zero-order valence-corrected chi connectivity index (χ0v) is 20.9. The first-order valence-corrected chi connectivity index (χ1v) is 12.4. The molecule has 1 aromatic carbocycles. The van der Waals surface area contributed by atoms with E-state index in [2.05, 4.69) is 52.3 Å². The van der Waals surface area contributed by atoms with E-state index in [1.165, 1.54) is 0 Å². The van der Waals surface area contributed by atoms with Gasteiger partial charge in [-0.2, -0.15) is 5.10 Å². The highest BCUT2D eigenvalue weighted by atomic mass is 16.1. The number of anilines is 3. The van der Waals surface area contributed by atoms with Gasteiger partial charge in [0.25, 0.3) is 5.91 Å². The van der Waals surface area contributed by atoms with E-state index in [0.29, 0.717) is 22.6 Å². The molecule has 7 rings (SSSR count). The largest absolute Gasteiger partial charge is 0.355 e. The van der Waals surface area contributed by atoms with Crippen molar-refractivity contribution in [3.63, 3.8) is 0 Å². The summed E-state index contributed by atoms with van der Waals surface area (Å²) in [5.41, 5.74) is 5.25. The van der Waals surface area contributed by atoms with E-state index in [9.17, 15) is 4.79 Å². The highest BCUT2D eigenvalue weighted by molar-refractivity contribution is 6.07. The predicted molar refractivity (Wildman–Crippen MR) is 139 cm³/mol. The summed E-state index contributed by atoms with van der Waals surface area (Å²) in [7, 11) is 1.85. The number of nitrogens with zero attached hydrogens (tertiary/aromatic N) is 8. The molecule has 1 unspecified atom stereocenters. The van der Waals surface area contributed by atoms with Gasteiger partial charge >= 0.3 is 0 Å². The van der Waals surface area contributed by atoms with Crippen molar-refractivity contribution in [3.05, 3.63) is 47.8 Å². The number of nitrogens with one attached hydrogen (secondary N) is 3. The van der Waals surface area contributed by atoms with Crippen molar-refractivity contribution in [1.29, 1.82) is 0 Å². The normalized spacial score (nSPS) is 20.1. The molecule has 37 heavy (non-hydrogen) atoms. The first-order chi connectivity index (χ1) is 17.9. The summed E-state index contributed by atoms with van der Waals surface area (Å²) in [5, 5.41) is 27.0. The molecule has 3 N–H and O–H groups in total. The van der Waals surface area contributed by atoms with Gasteiger partial charge in [0.15, 0.2) is 0 Å². The molecule has 0 radical (unpaired) electrons. The molecule has 1 spiro atoms. The highest BCUT2D eigenvalue weighted by Gasteiger charge is 2.48. The Bertz CT molecular complexity index is 1570. The molecular formula is C25H27N11O. The molecule has 2 fully saturated rings. The number of carbonyl (C=O) groups is 1. The first-order valence-electron chi connectivity index (χ1n) is 12.4. The molecule has 4 aromatic rings. The van der Waals surface area contributed by atoms with Gasteiger partial charge in [0.2, 0.25) is 5.95 Å². The number of hydrogen-bond acceptors (Lipinski definition) is 9. The minimum Gasteiger partial charge on any atom is -0.355 e. The predicted octanol–water partition coefficient (Wildman–Crippen LogP) is 1.94. The lowest BCUT2D eigenvalue weighted by atomic mass is 9.74. The third-order valence-corrected chi connectivity index (χ3v) is 7.91. The number of allylic oxidation sites excluding steroid dienone is 1. The Morgan fingerprint density at radius 2 is 2.03 bits per heavy atom. The first kappa shape index (κ1) is 21.9. The zero-order valence-electron chi connectivity index (χ0n) is 20.9. The van der Waals surface area contributed by atoms with Gasteiger partial charge in [-0.25, -0.2) is 9.67 Å². The van der Waals surface area contributed by atoms with Gasteiger partial charge in [-0.05, 0) is 54.6 Å². The Hall–Kier alpha value is -4.32. The van der Waals surface area contributed by atoms with Gasteiger partial charge in [0.05, 0.1) is 17.1 Å². The lowest BCUT2D eigenvalue weighted by molar-refractivity contribution is -0.113. The second-order valence-electron chi connectivity index (χ2n) is 10.3. The maximum Gasteiger partial charge on any atom is 0.255 e. The maximum atomic E-state index is 13.4. The van der Waals surface area contributed by atoms with E-state index in [1.807, 2.05) is 56.3 Å². The number of fused-ring (bicyclic) bond motifs is 2. The summed E-state index contributed by atoms with van der Waals surface area (Å²) in [4.78, 5) is 22.2. The smallest absolute Gasteiger partial charge is 0.255 e. The quantitative estimate of drug-likeness (QED) is 0.387. The Labute approximate surface area is 212 Å². The third kappa shape index (κ3) is 3.32. The van der Waals surface area contributed by atoms with Crippen LogP contribution in [0.3, 0.4) is 0 Å². The van der Waals surface area contributed by atoms with Crippen molar-refractivity contribution in [2.75, 3.05) is 48.3 Å². The number of tetrazole rings is 1. The van der Waals surface area contributed by atoms with Crippen LogP contribution in [0.25, 0.3) is 22.2 Å². The Morgan fingerprint density at radius 3 is 2.81 bits per heavy atom. The summed E-state index contributed by atoms with van der Waals surface area (Å²) in [6, 6.07) is 9.55. The Morgan fingerprint density at radius 1 is 1.19 bits per heavy atom. The molecule has 2 saturated heterocycles.